The molecule has 0 unspecified atom stereocenters. The van der Waals surface area contributed by atoms with Gasteiger partial charge in [0.2, 0.25) is 0 Å². The standard InChI is InChI=1S/C73H50N2/c1-4-19-51(20-5-1)56-21-18-22-57(49-56)63-27-11-15-32-70(63)74(62-47-48-65-64-28-10-14-31-68(64)73(69(65)50-62,58-23-6-2-7-24-58)59-25-8-3-9-26-59)60-43-39-54(40-44-60)52-35-37-53(38-36-52)55-41-45-61(46-42-55)75-71-33-16-12-29-66(71)67-30-13-17-34-72(67)75/h1-50H. The lowest BCUT2D eigenvalue weighted by Gasteiger charge is -2.35. The van der Waals surface area contributed by atoms with Gasteiger partial charge in [-0.05, 0) is 133 Å². The molecule has 1 heterocycles. The van der Waals surface area contributed by atoms with E-state index in [1.807, 2.05) is 0 Å². The van der Waals surface area contributed by atoms with Gasteiger partial charge in [-0.15, -0.1) is 0 Å². The van der Waals surface area contributed by atoms with Crippen molar-refractivity contribution in [2.45, 2.75) is 5.41 Å². The highest BCUT2D eigenvalue weighted by Crippen LogP contribution is 2.57. The predicted molar refractivity (Wildman–Crippen MR) is 315 cm³/mol. The molecular formula is C73H50N2. The van der Waals surface area contributed by atoms with E-state index in [2.05, 4.69) is 313 Å². The molecule has 1 aliphatic carbocycles. The number of hydrogen-bond acceptors (Lipinski definition) is 1. The largest absolute Gasteiger partial charge is 0.310 e. The van der Waals surface area contributed by atoms with E-state index in [-0.39, 0.29) is 0 Å². The Hall–Kier alpha value is -9.76. The highest BCUT2D eigenvalue weighted by atomic mass is 15.1. The van der Waals surface area contributed by atoms with Gasteiger partial charge in [0.15, 0.2) is 0 Å². The van der Waals surface area contributed by atoms with E-state index < -0.39 is 5.41 Å². The van der Waals surface area contributed by atoms with Crippen LogP contribution in [0, 0.1) is 0 Å². The van der Waals surface area contributed by atoms with E-state index in [1.165, 1.54) is 83.0 Å². The second-order valence-electron chi connectivity index (χ2n) is 19.6. The fourth-order valence-electron chi connectivity index (χ4n) is 12.1. The zero-order valence-corrected chi connectivity index (χ0v) is 41.3. The number of hydrogen-bond donors (Lipinski definition) is 0. The van der Waals surface area contributed by atoms with Gasteiger partial charge in [0.1, 0.15) is 0 Å². The van der Waals surface area contributed by atoms with Crippen molar-refractivity contribution in [3.05, 3.63) is 326 Å². The first kappa shape index (κ1) is 44.0. The van der Waals surface area contributed by atoms with Crippen LogP contribution in [0.2, 0.25) is 0 Å². The van der Waals surface area contributed by atoms with E-state index in [0.717, 1.165) is 39.4 Å². The normalized spacial score (nSPS) is 12.4. The monoisotopic (exact) mass is 954 g/mol. The molecule has 12 aromatic carbocycles. The topological polar surface area (TPSA) is 8.17 Å². The Bertz CT molecular complexity index is 4100. The number of benzene rings is 12. The Morgan fingerprint density at radius 1 is 0.267 bits per heavy atom. The number of anilines is 3. The van der Waals surface area contributed by atoms with Crippen LogP contribution in [0.15, 0.2) is 303 Å². The molecule has 2 heteroatoms. The zero-order chi connectivity index (χ0) is 49.7. The summed E-state index contributed by atoms with van der Waals surface area (Å²) in [6.45, 7) is 0. The van der Waals surface area contributed by atoms with E-state index in [1.54, 1.807) is 0 Å². The Morgan fingerprint density at radius 3 is 1.33 bits per heavy atom. The third-order valence-corrected chi connectivity index (χ3v) is 15.5. The van der Waals surface area contributed by atoms with Crippen LogP contribution in [0.4, 0.5) is 17.1 Å². The molecule has 2 nitrogen and oxygen atoms in total. The SMILES string of the molecule is c1ccc(-c2cccc(-c3ccccc3N(c3ccc(-c4ccc(-c5ccc(-n6c7ccccc7c7ccccc76)cc5)cc4)cc3)c3ccc4c(c3)C(c3ccccc3)(c3ccccc3)c3ccccc3-4)c2)cc1. The van der Waals surface area contributed by atoms with Crippen LogP contribution in [-0.4, -0.2) is 4.57 Å². The first-order valence-electron chi connectivity index (χ1n) is 25.9. The molecule has 0 amide bonds. The second kappa shape index (κ2) is 18.4. The lowest BCUT2D eigenvalue weighted by Crippen LogP contribution is -2.28. The van der Waals surface area contributed by atoms with Crippen LogP contribution in [-0.2, 0) is 5.41 Å². The molecule has 0 bridgehead atoms. The van der Waals surface area contributed by atoms with Crippen molar-refractivity contribution in [1.29, 1.82) is 0 Å². The van der Waals surface area contributed by atoms with Gasteiger partial charge < -0.3 is 9.47 Å². The molecule has 0 radical (unpaired) electrons. The van der Waals surface area contributed by atoms with Crippen molar-refractivity contribution in [2.75, 3.05) is 4.90 Å². The molecule has 14 rings (SSSR count). The van der Waals surface area contributed by atoms with Crippen molar-refractivity contribution in [1.82, 2.24) is 4.57 Å². The van der Waals surface area contributed by atoms with Gasteiger partial charge >= 0.3 is 0 Å². The Morgan fingerprint density at radius 2 is 0.707 bits per heavy atom. The fourth-order valence-corrected chi connectivity index (χ4v) is 12.1. The summed E-state index contributed by atoms with van der Waals surface area (Å²) < 4.78 is 2.37. The molecule has 0 saturated heterocycles. The zero-order valence-electron chi connectivity index (χ0n) is 41.3. The molecule has 1 aliphatic rings. The Balaban J connectivity index is 0.866. The van der Waals surface area contributed by atoms with E-state index in [0.29, 0.717) is 0 Å². The molecule has 0 fully saturated rings. The third kappa shape index (κ3) is 7.41. The Labute approximate surface area is 438 Å². The molecular weight excluding hydrogens is 905 g/mol. The van der Waals surface area contributed by atoms with Crippen molar-refractivity contribution in [2.24, 2.45) is 0 Å². The minimum absolute atomic E-state index is 0.538. The predicted octanol–water partition coefficient (Wildman–Crippen LogP) is 19.3. The summed E-state index contributed by atoms with van der Waals surface area (Å²) in [6.07, 6.45) is 0. The average molecular weight is 955 g/mol. The number of aromatic nitrogens is 1. The summed E-state index contributed by atoms with van der Waals surface area (Å²) in [5.74, 6) is 0. The molecule has 13 aromatic rings. The number of nitrogens with zero attached hydrogens (tertiary/aromatic N) is 2. The maximum Gasteiger partial charge on any atom is 0.0714 e. The first-order valence-corrected chi connectivity index (χ1v) is 25.9. The molecule has 1 aromatic heterocycles. The van der Waals surface area contributed by atoms with Gasteiger partial charge in [-0.2, -0.15) is 0 Å². The van der Waals surface area contributed by atoms with E-state index in [9.17, 15) is 0 Å². The summed E-state index contributed by atoms with van der Waals surface area (Å²) >= 11 is 0. The van der Waals surface area contributed by atoms with Gasteiger partial charge in [-0.1, -0.05) is 243 Å². The van der Waals surface area contributed by atoms with Gasteiger partial charge in [0.25, 0.3) is 0 Å². The molecule has 0 aliphatic heterocycles. The second-order valence-corrected chi connectivity index (χ2v) is 19.6. The summed E-state index contributed by atoms with van der Waals surface area (Å²) in [4.78, 5) is 2.46. The number of fused-ring (bicyclic) bond motifs is 6. The van der Waals surface area contributed by atoms with E-state index >= 15 is 0 Å². The van der Waals surface area contributed by atoms with Crippen LogP contribution in [0.25, 0.3) is 83.1 Å². The maximum atomic E-state index is 2.47. The lowest BCUT2D eigenvalue weighted by atomic mass is 9.67. The van der Waals surface area contributed by atoms with Crippen molar-refractivity contribution in [3.63, 3.8) is 0 Å². The quantitative estimate of drug-likeness (QED) is 0.133. The van der Waals surface area contributed by atoms with Gasteiger partial charge in [0.05, 0.1) is 22.1 Å². The van der Waals surface area contributed by atoms with Crippen LogP contribution in [0.1, 0.15) is 22.3 Å². The molecule has 0 saturated carbocycles. The highest BCUT2D eigenvalue weighted by molar-refractivity contribution is 6.09. The van der Waals surface area contributed by atoms with Crippen molar-refractivity contribution in [3.8, 4) is 61.3 Å². The van der Waals surface area contributed by atoms with Gasteiger partial charge in [0, 0.05) is 33.4 Å². The minimum atomic E-state index is -0.538. The van der Waals surface area contributed by atoms with Crippen molar-refractivity contribution < 1.29 is 0 Å². The van der Waals surface area contributed by atoms with Crippen LogP contribution < -0.4 is 4.90 Å². The van der Waals surface area contributed by atoms with E-state index in [4.69, 9.17) is 0 Å². The highest BCUT2D eigenvalue weighted by Gasteiger charge is 2.46. The molecule has 0 atom stereocenters. The fraction of sp³-hybridized carbons (Fsp3) is 0.0137. The summed E-state index contributed by atoms with van der Waals surface area (Å²) in [5, 5.41) is 2.54. The lowest BCUT2D eigenvalue weighted by molar-refractivity contribution is 0.768. The average Bonchev–Trinajstić information content (AvgIpc) is 4.08. The summed E-state index contributed by atoms with van der Waals surface area (Å²) in [5.41, 5.74) is 23.3. The maximum absolute atomic E-state index is 2.47. The minimum Gasteiger partial charge on any atom is -0.310 e. The molecule has 0 spiro atoms. The van der Waals surface area contributed by atoms with Crippen LogP contribution >= 0.6 is 0 Å². The summed E-state index contributed by atoms with van der Waals surface area (Å²) in [6, 6.07) is 111. The van der Waals surface area contributed by atoms with Crippen LogP contribution in [0.3, 0.4) is 0 Å². The number of para-hydroxylation sites is 3. The first-order chi connectivity index (χ1) is 37.2. The van der Waals surface area contributed by atoms with Crippen LogP contribution in [0.5, 0.6) is 0 Å². The smallest absolute Gasteiger partial charge is 0.0714 e. The van der Waals surface area contributed by atoms with Crippen molar-refractivity contribution >= 4 is 38.9 Å². The van der Waals surface area contributed by atoms with Gasteiger partial charge in [-0.3, -0.25) is 0 Å². The summed E-state index contributed by atoms with van der Waals surface area (Å²) in [7, 11) is 0. The third-order valence-electron chi connectivity index (χ3n) is 15.5. The number of rotatable bonds is 10. The molecule has 75 heavy (non-hydrogen) atoms. The van der Waals surface area contributed by atoms with Gasteiger partial charge in [-0.25, -0.2) is 0 Å². The molecule has 352 valence electrons. The molecule has 0 N–H and O–H groups in total. The Kier molecular flexibility index (Phi) is 10.8.